The summed E-state index contributed by atoms with van der Waals surface area (Å²) in [6.45, 7) is 1.94. The highest BCUT2D eigenvalue weighted by Gasteiger charge is 2.19. The van der Waals surface area contributed by atoms with Crippen LogP contribution in [0.4, 0.5) is 5.00 Å². The third-order valence-corrected chi connectivity index (χ3v) is 5.81. The monoisotopic (exact) mass is 394 g/mol. The topological polar surface area (TPSA) is 94.1 Å². The van der Waals surface area contributed by atoms with E-state index >= 15 is 0 Å². The van der Waals surface area contributed by atoms with E-state index in [2.05, 4.69) is 19.9 Å². The molecule has 3 rings (SSSR count). The lowest BCUT2D eigenvalue weighted by Gasteiger charge is -2.03. The number of fused-ring (bicyclic) bond motifs is 1. The van der Waals surface area contributed by atoms with Crippen molar-refractivity contribution in [1.82, 2.24) is 14.6 Å². The Morgan fingerprint density at radius 2 is 2.16 bits per heavy atom. The Balaban J connectivity index is 1.51. The van der Waals surface area contributed by atoms with E-state index in [0.717, 1.165) is 26.8 Å². The van der Waals surface area contributed by atoms with Crippen LogP contribution in [0.5, 0.6) is 0 Å². The van der Waals surface area contributed by atoms with Crippen molar-refractivity contribution in [1.29, 1.82) is 0 Å². The largest absolute Gasteiger partial charge is 0.461 e. The van der Waals surface area contributed by atoms with Crippen LogP contribution in [-0.2, 0) is 15.3 Å². The molecule has 0 aliphatic rings. The van der Waals surface area contributed by atoms with E-state index in [4.69, 9.17) is 4.74 Å². The van der Waals surface area contributed by atoms with E-state index < -0.39 is 5.97 Å². The maximum absolute atomic E-state index is 12.1. The van der Waals surface area contributed by atoms with Gasteiger partial charge in [-0.15, -0.1) is 28.2 Å². The number of nitrogens with zero attached hydrogens (tertiary/aromatic N) is 3. The van der Waals surface area contributed by atoms with E-state index in [9.17, 15) is 9.59 Å². The molecular weight excluding hydrogens is 380 g/mol. The first-order valence-corrected chi connectivity index (χ1v) is 10.1. The van der Waals surface area contributed by atoms with Crippen LogP contribution in [0.3, 0.4) is 0 Å². The second-order valence-corrected chi connectivity index (χ2v) is 7.64. The number of para-hydroxylation sites is 1. The Morgan fingerprint density at radius 3 is 2.96 bits per heavy atom. The Hall–Kier alpha value is -2.04. The van der Waals surface area contributed by atoms with Crippen molar-refractivity contribution in [3.05, 3.63) is 35.0 Å². The van der Waals surface area contributed by atoms with Gasteiger partial charge in [0.05, 0.1) is 22.6 Å². The molecule has 0 spiro atoms. The highest BCUT2D eigenvalue weighted by molar-refractivity contribution is 7.99. The highest BCUT2D eigenvalue weighted by atomic mass is 32.2. The molecule has 0 saturated heterocycles. The third-order valence-electron chi connectivity index (χ3n) is 3.01. The summed E-state index contributed by atoms with van der Waals surface area (Å²) in [5.41, 5.74) is 1.01. The van der Waals surface area contributed by atoms with Crippen LogP contribution in [0, 0.1) is 0 Å². The van der Waals surface area contributed by atoms with Gasteiger partial charge in [-0.05, 0) is 19.1 Å². The predicted molar refractivity (Wildman–Crippen MR) is 100 cm³/mol. The van der Waals surface area contributed by atoms with Gasteiger partial charge in [0.2, 0.25) is 11.6 Å². The Labute approximate surface area is 156 Å². The lowest BCUT2D eigenvalue weighted by atomic mass is 10.3. The first-order chi connectivity index (χ1) is 12.2. The predicted octanol–water partition coefficient (Wildman–Crippen LogP) is 3.20. The molecule has 0 radical (unpaired) electrons. The number of benzene rings is 1. The van der Waals surface area contributed by atoms with Crippen LogP contribution in [0.15, 0.2) is 24.3 Å². The van der Waals surface area contributed by atoms with Gasteiger partial charge in [-0.25, -0.2) is 9.78 Å². The maximum atomic E-state index is 12.1. The number of thiazole rings is 1. The summed E-state index contributed by atoms with van der Waals surface area (Å²) >= 11 is 4.03. The zero-order valence-electron chi connectivity index (χ0n) is 13.2. The number of rotatable bonds is 7. The summed E-state index contributed by atoms with van der Waals surface area (Å²) < 4.78 is 9.71. The maximum Gasteiger partial charge on any atom is 0.362 e. The first kappa shape index (κ1) is 17.8. The fraction of sp³-hybridized carbons (Fsp3) is 0.267. The van der Waals surface area contributed by atoms with Crippen LogP contribution in [-0.4, -0.2) is 38.8 Å². The van der Waals surface area contributed by atoms with Crippen LogP contribution >= 0.6 is 34.6 Å². The van der Waals surface area contributed by atoms with Crippen molar-refractivity contribution in [2.45, 2.75) is 12.7 Å². The molecule has 0 aliphatic carbocycles. The second-order valence-electron chi connectivity index (χ2n) is 4.79. The molecule has 2 heterocycles. The minimum Gasteiger partial charge on any atom is -0.461 e. The molecule has 0 aliphatic heterocycles. The number of aromatic nitrogens is 3. The average molecular weight is 395 g/mol. The minimum absolute atomic E-state index is 0.0383. The molecule has 130 valence electrons. The molecule has 10 heteroatoms. The summed E-state index contributed by atoms with van der Waals surface area (Å²) in [4.78, 5) is 28.3. The quantitative estimate of drug-likeness (QED) is 0.615. The van der Waals surface area contributed by atoms with Gasteiger partial charge in [0.1, 0.15) is 5.01 Å². The van der Waals surface area contributed by atoms with Gasteiger partial charge in [-0.2, -0.15) is 0 Å². The number of hydrogen-bond acceptors (Lipinski definition) is 9. The van der Waals surface area contributed by atoms with Gasteiger partial charge >= 0.3 is 5.97 Å². The van der Waals surface area contributed by atoms with Crippen molar-refractivity contribution < 1.29 is 14.3 Å². The molecule has 1 aromatic carbocycles. The molecule has 3 aromatic rings. The molecule has 1 amide bonds. The fourth-order valence-corrected chi connectivity index (χ4v) is 4.40. The van der Waals surface area contributed by atoms with Gasteiger partial charge in [0.15, 0.2) is 5.00 Å². The van der Waals surface area contributed by atoms with Crippen LogP contribution in [0.25, 0.3) is 10.2 Å². The van der Waals surface area contributed by atoms with Crippen molar-refractivity contribution in [2.75, 3.05) is 17.7 Å². The lowest BCUT2D eigenvalue weighted by Crippen LogP contribution is -2.16. The summed E-state index contributed by atoms with van der Waals surface area (Å²) in [6.07, 6.45) is 0. The molecule has 1 N–H and O–H groups in total. The molecule has 0 bridgehead atoms. The average Bonchev–Trinajstić information content (AvgIpc) is 3.21. The normalized spacial score (nSPS) is 10.8. The van der Waals surface area contributed by atoms with Crippen LogP contribution in [0.2, 0.25) is 0 Å². The Kier molecular flexibility index (Phi) is 5.95. The van der Waals surface area contributed by atoms with E-state index in [0.29, 0.717) is 10.8 Å². The van der Waals surface area contributed by atoms with Gasteiger partial charge in [-0.3, -0.25) is 4.79 Å². The summed E-state index contributed by atoms with van der Waals surface area (Å²) in [6, 6.07) is 7.94. The SMILES string of the molecule is CCOC(=O)c1nnsc1NC(=O)CSCc1nc2ccccc2s1. The molecule has 0 unspecified atom stereocenters. The molecule has 0 fully saturated rings. The standard InChI is InChI=1S/C15H14N4O3S3/c1-2-22-15(21)13-14(25-19-18-13)17-11(20)7-23-8-12-16-9-5-3-4-6-10(9)24-12/h3-6H,2,7-8H2,1H3,(H,17,20). The molecule has 7 nitrogen and oxygen atoms in total. The number of hydrogen-bond donors (Lipinski definition) is 1. The highest BCUT2D eigenvalue weighted by Crippen LogP contribution is 2.25. The minimum atomic E-state index is -0.589. The van der Waals surface area contributed by atoms with Crippen molar-refractivity contribution in [3.8, 4) is 0 Å². The number of carbonyl (C=O) groups excluding carboxylic acids is 2. The third kappa shape index (κ3) is 4.53. The summed E-state index contributed by atoms with van der Waals surface area (Å²) in [5.74, 6) is 0.0885. The molecule has 0 saturated carbocycles. The first-order valence-electron chi connectivity index (χ1n) is 7.39. The van der Waals surface area contributed by atoms with Crippen LogP contribution < -0.4 is 5.32 Å². The van der Waals surface area contributed by atoms with E-state index in [1.54, 1.807) is 18.3 Å². The van der Waals surface area contributed by atoms with Gasteiger partial charge in [0, 0.05) is 17.3 Å². The number of nitrogens with one attached hydrogen (secondary N) is 1. The summed E-state index contributed by atoms with van der Waals surface area (Å²) in [5, 5.41) is 7.65. The number of carbonyl (C=O) groups is 2. The molecule has 0 atom stereocenters. The zero-order chi connectivity index (χ0) is 17.6. The Morgan fingerprint density at radius 1 is 1.32 bits per heavy atom. The van der Waals surface area contributed by atoms with Crippen molar-refractivity contribution in [2.24, 2.45) is 0 Å². The van der Waals surface area contributed by atoms with E-state index in [-0.39, 0.29) is 24.0 Å². The van der Waals surface area contributed by atoms with Crippen LogP contribution in [0.1, 0.15) is 22.4 Å². The van der Waals surface area contributed by atoms with E-state index in [1.165, 1.54) is 11.8 Å². The Bertz CT molecular complexity index is 860. The van der Waals surface area contributed by atoms with Gasteiger partial charge in [0.25, 0.3) is 0 Å². The zero-order valence-corrected chi connectivity index (χ0v) is 15.7. The summed E-state index contributed by atoms with van der Waals surface area (Å²) in [7, 11) is 0. The van der Waals surface area contributed by atoms with E-state index in [1.807, 2.05) is 24.3 Å². The molecule has 25 heavy (non-hydrogen) atoms. The van der Waals surface area contributed by atoms with Gasteiger partial charge < -0.3 is 10.1 Å². The fourth-order valence-electron chi connectivity index (χ4n) is 1.98. The van der Waals surface area contributed by atoms with Gasteiger partial charge in [-0.1, -0.05) is 16.6 Å². The number of amides is 1. The smallest absolute Gasteiger partial charge is 0.362 e. The lowest BCUT2D eigenvalue weighted by molar-refractivity contribution is -0.113. The van der Waals surface area contributed by atoms with Crippen molar-refractivity contribution >= 4 is 61.7 Å². The number of esters is 1. The number of ether oxygens (including phenoxy) is 1. The number of anilines is 1. The van der Waals surface area contributed by atoms with Crippen molar-refractivity contribution in [3.63, 3.8) is 0 Å². The molecular formula is C15H14N4O3S3. The second kappa shape index (κ2) is 8.37. The molecule has 2 aromatic heterocycles. The number of thioether (sulfide) groups is 1.